The molecule has 109 heavy (non-hydrogen) atoms. The third kappa shape index (κ3) is 13.0. The number of aromatic nitrogens is 3. The number of hydrogen-bond acceptors (Lipinski definition) is 17. The van der Waals surface area contributed by atoms with Crippen molar-refractivity contribution in [1.29, 1.82) is 0 Å². The molecule has 20 nitrogen and oxygen atoms in total. The number of ether oxygens (including phenoxy) is 2. The van der Waals surface area contributed by atoms with E-state index in [0.29, 0.717) is 41.3 Å². The van der Waals surface area contributed by atoms with Crippen LogP contribution in [0.15, 0.2) is 187 Å². The van der Waals surface area contributed by atoms with Gasteiger partial charge in [0.25, 0.3) is 17.7 Å². The van der Waals surface area contributed by atoms with Crippen LogP contribution < -0.4 is 44.9 Å². The van der Waals surface area contributed by atoms with Crippen LogP contribution in [0.2, 0.25) is 0 Å². The Morgan fingerprint density at radius 1 is 0.459 bits per heavy atom. The standard InChI is InChI=1S/C26H22F4N3O3PS.C25H22F2N3O4PS.C25H23FN3O4PS/c27-16-5-6-17-14(11-16)13-38-20-4-2-1-3-18(20)22(17)33-21-12-15(26(28,29)30)7-9-31(21)25(35)23-24(36-37)19(34)8-10-32(23)33;1-13-10-28-20(11-33-13)30(29-9-8-18(31)24(34-35)23(29)25(28)32)22-14-6-7-17(26)21(27)16(14)12-36-19-5-3-2-4-15(19)22;1-14-11-27-21(12-32-14)29(28-9-8-19(30)24(33-34)23(28)25(27)31)22-17-7-6-16(26)10-15(17)13-35-20-5-3-2-4-18(20)22/h1-6,8,10-11,15,21-22H,7,9,12-13,37H2;2-9,13,20,22H,10-12,35H2,1H3;2-10,14,21-22H,11-13,34H2,1H3/t15-,21-,22+;13-,20+,22-;14-,21+,22-/m100/s1. The van der Waals surface area contributed by atoms with E-state index in [2.05, 4.69) is 26.6 Å². The van der Waals surface area contributed by atoms with Crippen LogP contribution in [0.25, 0.3) is 0 Å². The van der Waals surface area contributed by atoms with Gasteiger partial charge in [-0.2, -0.15) is 13.2 Å². The second kappa shape index (κ2) is 29.8. The van der Waals surface area contributed by atoms with Crippen molar-refractivity contribution < 1.29 is 68.2 Å². The van der Waals surface area contributed by atoms with E-state index in [4.69, 9.17) is 23.0 Å². The Morgan fingerprint density at radius 2 is 0.844 bits per heavy atom. The number of fused-ring (bicyclic) bond motifs is 12. The second-order valence-electron chi connectivity index (χ2n) is 27.3. The van der Waals surface area contributed by atoms with Crippen molar-refractivity contribution in [3.05, 3.63) is 279 Å². The van der Waals surface area contributed by atoms with Crippen LogP contribution in [-0.4, -0.2) is 116 Å². The molecule has 0 aliphatic carbocycles. The maximum atomic E-state index is 15.2. The summed E-state index contributed by atoms with van der Waals surface area (Å²) in [7, 11) is 6.09. The molecule has 3 amide bonds. The van der Waals surface area contributed by atoms with Gasteiger partial charge in [-0.3, -0.25) is 57.8 Å². The Bertz CT molecular complexity index is 5380. The highest BCUT2D eigenvalue weighted by atomic mass is 32.2. The molecule has 9 aliphatic rings. The van der Waals surface area contributed by atoms with E-state index >= 15 is 4.39 Å². The second-order valence-corrected chi connectivity index (χ2v) is 31.1. The lowest BCUT2D eigenvalue weighted by Crippen LogP contribution is -2.67. The average molecular weight is 1600 g/mol. The number of thioether (sulfide) groups is 3. The first-order chi connectivity index (χ1) is 52.6. The largest absolute Gasteiger partial charge is 0.474 e. The summed E-state index contributed by atoms with van der Waals surface area (Å²) in [5, 5.41) is 5.70. The number of benzene rings is 6. The quantitative estimate of drug-likeness (QED) is 0.113. The van der Waals surface area contributed by atoms with Gasteiger partial charge in [-0.25, -0.2) is 17.6 Å². The minimum Gasteiger partial charge on any atom is -0.474 e. The van der Waals surface area contributed by atoms with Crippen molar-refractivity contribution in [2.75, 3.05) is 47.9 Å². The molecule has 3 saturated heterocycles. The number of hydrogen-bond donors (Lipinski definition) is 0. The summed E-state index contributed by atoms with van der Waals surface area (Å²) in [6, 6.07) is 37.6. The van der Waals surface area contributed by atoms with Crippen LogP contribution in [0.1, 0.15) is 126 Å². The summed E-state index contributed by atoms with van der Waals surface area (Å²) in [5.74, 6) is -4.33. The van der Waals surface area contributed by atoms with E-state index in [1.807, 2.05) is 105 Å². The van der Waals surface area contributed by atoms with Crippen LogP contribution in [-0.2, 0) is 26.7 Å². The Hall–Kier alpha value is -8.85. The molecule has 0 radical (unpaired) electrons. The molecule has 0 spiro atoms. The molecule has 3 fully saturated rings. The average Bonchev–Trinajstić information content (AvgIpc) is 1.59. The van der Waals surface area contributed by atoms with Crippen LogP contribution >= 0.6 is 63.7 Å². The smallest absolute Gasteiger partial charge is 0.392 e. The summed E-state index contributed by atoms with van der Waals surface area (Å²) in [6.07, 6.45) is -2.84. The number of nitrogens with zero attached hydrogens (tertiary/aromatic N) is 9. The number of rotatable bonds is 6. The Morgan fingerprint density at radius 3 is 1.27 bits per heavy atom. The normalized spacial score (nSPS) is 22.8. The number of alkyl halides is 3. The molecule has 564 valence electrons. The zero-order valence-electron chi connectivity index (χ0n) is 57.9. The summed E-state index contributed by atoms with van der Waals surface area (Å²) >= 11 is 4.60. The zero-order valence-corrected chi connectivity index (χ0v) is 63.8. The van der Waals surface area contributed by atoms with Gasteiger partial charge in [-0.15, -0.1) is 35.3 Å². The molecule has 9 aromatic rings. The van der Waals surface area contributed by atoms with Crippen molar-refractivity contribution >= 4 is 81.4 Å². The summed E-state index contributed by atoms with van der Waals surface area (Å²) in [5.41, 5.74) is 5.64. The molecule has 0 N–H and O–H groups in total. The molecule has 18 rings (SSSR count). The van der Waals surface area contributed by atoms with Crippen molar-refractivity contribution in [2.24, 2.45) is 5.92 Å². The van der Waals surface area contributed by atoms with Gasteiger partial charge in [0.2, 0.25) is 33.5 Å². The first-order valence-electron chi connectivity index (χ1n) is 34.7. The number of piperidine rings is 1. The number of halogens is 7. The van der Waals surface area contributed by atoms with Crippen LogP contribution in [0.5, 0.6) is 17.2 Å². The number of amides is 3. The first kappa shape index (κ1) is 74.3. The molecule has 12 heterocycles. The summed E-state index contributed by atoms with van der Waals surface area (Å²) < 4.78 is 133. The lowest BCUT2D eigenvalue weighted by molar-refractivity contribution is -0.189. The van der Waals surface area contributed by atoms with Gasteiger partial charge in [0.05, 0.1) is 77.9 Å². The highest BCUT2D eigenvalue weighted by Crippen LogP contribution is 2.51. The highest BCUT2D eigenvalue weighted by molar-refractivity contribution is 7.99. The summed E-state index contributed by atoms with van der Waals surface area (Å²) in [4.78, 5) is 86.7. The molecule has 0 saturated carbocycles. The molecule has 0 bridgehead atoms. The third-order valence-corrected chi connectivity index (χ3v) is 25.2. The van der Waals surface area contributed by atoms with E-state index in [9.17, 15) is 55.1 Å². The van der Waals surface area contributed by atoms with E-state index in [1.54, 1.807) is 60.3 Å². The first-order valence-corrected chi connectivity index (χ1v) is 39.1. The monoisotopic (exact) mass is 1600 g/mol. The van der Waals surface area contributed by atoms with Gasteiger partial charge < -0.3 is 37.7 Å². The molecule has 12 atom stereocenters. The molecular weight excluding hydrogens is 1540 g/mol. The molecule has 6 aromatic carbocycles. The van der Waals surface area contributed by atoms with Gasteiger partial charge >= 0.3 is 6.18 Å². The summed E-state index contributed by atoms with van der Waals surface area (Å²) in [6.45, 7) is 4.81. The number of morpholine rings is 2. The maximum Gasteiger partial charge on any atom is 0.392 e. The zero-order chi connectivity index (χ0) is 76.2. The lowest BCUT2D eigenvalue weighted by atomic mass is 9.89. The van der Waals surface area contributed by atoms with Gasteiger partial charge in [0.15, 0.2) is 28.7 Å². The van der Waals surface area contributed by atoms with Crippen molar-refractivity contribution in [3.8, 4) is 17.2 Å². The predicted molar refractivity (Wildman–Crippen MR) is 405 cm³/mol. The molecular formula is C76H67F7N9O11P3S3. The SMILES string of the molecule is C[C@H]1CN2C(=O)c3c(OP)c(=O)ccn3N([C@@H]3c4ccccc4SCc4c3ccc(F)c4F)[C@@H]2CO1.C[C@H]1CN2C(=O)c3c(OP)c(=O)ccn3N([C@H]3c4ccc(F)cc4CSc4ccccc43)[C@@H]2CO1.O=C1c2c(OP)c(=O)ccn2N([C@H]2c3ccc(F)cc3CSc3ccccc32)[C@@H]2C[C@H](C(F)(F)F)CCN12. The fourth-order valence-corrected chi connectivity index (χ4v) is 20.2. The number of carbonyl (C=O) groups is 3. The lowest BCUT2D eigenvalue weighted by Gasteiger charge is -2.53. The minimum atomic E-state index is -4.43. The molecule has 9 aliphatic heterocycles. The van der Waals surface area contributed by atoms with Crippen molar-refractivity contribution in [2.45, 2.75) is 114 Å². The fraction of sp³-hybridized carbons (Fsp3) is 0.289. The fourth-order valence-electron chi connectivity index (χ4n) is 16.2. The molecule has 3 unspecified atom stereocenters. The van der Waals surface area contributed by atoms with Gasteiger partial charge in [0.1, 0.15) is 30.1 Å². The topological polar surface area (TPSA) is 183 Å². The van der Waals surface area contributed by atoms with Crippen molar-refractivity contribution in [1.82, 2.24) is 28.7 Å². The number of carbonyl (C=O) groups excluding carboxylic acids is 3. The third-order valence-electron chi connectivity index (χ3n) is 21.1. The Balaban J connectivity index is 0.000000125. The van der Waals surface area contributed by atoms with Crippen LogP contribution in [0, 0.1) is 29.2 Å². The Labute approximate surface area is 638 Å². The minimum absolute atomic E-state index is 0.0271. The van der Waals surface area contributed by atoms with Gasteiger partial charge in [-0.1, -0.05) is 72.8 Å². The van der Waals surface area contributed by atoms with Crippen molar-refractivity contribution in [3.63, 3.8) is 0 Å². The van der Waals surface area contributed by atoms with E-state index in [1.165, 1.54) is 81.9 Å². The Kier molecular flexibility index (Phi) is 20.3. The number of pyridine rings is 3. The maximum absolute atomic E-state index is 15.2. The van der Waals surface area contributed by atoms with E-state index in [-0.39, 0.29) is 120 Å². The van der Waals surface area contributed by atoms with Gasteiger partial charge in [0, 0.05) is 93.9 Å². The molecule has 33 heteroatoms. The van der Waals surface area contributed by atoms with Crippen LogP contribution in [0.4, 0.5) is 30.7 Å². The predicted octanol–water partition coefficient (Wildman–Crippen LogP) is 12.8. The molecule has 3 aromatic heterocycles. The van der Waals surface area contributed by atoms with Crippen LogP contribution in [0.3, 0.4) is 0 Å². The highest BCUT2D eigenvalue weighted by Gasteiger charge is 2.54. The van der Waals surface area contributed by atoms with E-state index < -0.39 is 76.9 Å². The van der Waals surface area contributed by atoms with E-state index in [0.717, 1.165) is 48.6 Å². The van der Waals surface area contributed by atoms with Gasteiger partial charge in [-0.05, 0) is 120 Å².